The quantitative estimate of drug-likeness (QED) is 0.516. The molecule has 1 heterocycles. The molecule has 2 amide bonds. The first-order chi connectivity index (χ1) is 18.3. The molecule has 2 aliphatic rings. The highest BCUT2D eigenvalue weighted by Crippen LogP contribution is 2.29. The predicted molar refractivity (Wildman–Crippen MR) is 137 cm³/mol. The van der Waals surface area contributed by atoms with Crippen molar-refractivity contribution in [2.75, 3.05) is 13.1 Å². The Hall–Kier alpha value is -3.75. The zero-order chi connectivity index (χ0) is 27.1. The number of nitrogens with one attached hydrogen (secondary N) is 1. The molecule has 2 aromatic carbocycles. The van der Waals surface area contributed by atoms with Crippen molar-refractivity contribution in [2.24, 2.45) is 5.92 Å². The molecular weight excluding hydrogens is 491 g/mol. The van der Waals surface area contributed by atoms with Gasteiger partial charge in [-0.15, -0.1) is 0 Å². The Bertz CT molecular complexity index is 1190. The summed E-state index contributed by atoms with van der Waals surface area (Å²) in [7, 11) is 0. The van der Waals surface area contributed by atoms with Crippen molar-refractivity contribution in [2.45, 2.75) is 64.0 Å². The number of hydrogen-bond donors (Lipinski definition) is 2. The number of benzene rings is 2. The smallest absolute Gasteiger partial charge is 0.410 e. The normalized spacial score (nSPS) is 18.8. The monoisotopic (exact) mass is 524 g/mol. The van der Waals surface area contributed by atoms with Crippen LogP contribution in [0.2, 0.25) is 0 Å². The van der Waals surface area contributed by atoms with E-state index in [9.17, 15) is 23.6 Å². The van der Waals surface area contributed by atoms with Crippen molar-refractivity contribution in [1.82, 2.24) is 10.2 Å². The number of carbonyl (C=O) groups excluding carboxylic acids is 3. The summed E-state index contributed by atoms with van der Waals surface area (Å²) in [6, 6.07) is 12.2. The summed E-state index contributed by atoms with van der Waals surface area (Å²) in [6.45, 7) is 0.591. The highest BCUT2D eigenvalue weighted by Gasteiger charge is 2.29. The number of aliphatic carboxylic acids is 1. The summed E-state index contributed by atoms with van der Waals surface area (Å²) in [5, 5.41) is 11.0. The maximum absolute atomic E-state index is 13.8. The number of carboxylic acids is 1. The highest BCUT2D eigenvalue weighted by atomic mass is 19.1. The second-order valence-corrected chi connectivity index (χ2v) is 10.2. The fourth-order valence-electron chi connectivity index (χ4n) is 5.20. The second-order valence-electron chi connectivity index (χ2n) is 10.2. The average Bonchev–Trinajstić information content (AvgIpc) is 2.89. The Kier molecular flexibility index (Phi) is 9.10. The number of ketones is 1. The van der Waals surface area contributed by atoms with Gasteiger partial charge in [0.1, 0.15) is 24.2 Å². The number of carboxylic acid groups (broad SMARTS) is 1. The lowest BCUT2D eigenvalue weighted by Crippen LogP contribution is -2.39. The van der Waals surface area contributed by atoms with E-state index in [0.29, 0.717) is 37.9 Å². The zero-order valence-corrected chi connectivity index (χ0v) is 21.3. The van der Waals surface area contributed by atoms with Crippen molar-refractivity contribution in [1.29, 1.82) is 0 Å². The van der Waals surface area contributed by atoms with Crippen LogP contribution in [-0.4, -0.2) is 53.0 Å². The Morgan fingerprint density at radius 2 is 1.76 bits per heavy atom. The molecule has 4 rings (SSSR count). The van der Waals surface area contributed by atoms with Crippen LogP contribution in [0.3, 0.4) is 0 Å². The molecule has 0 unspecified atom stereocenters. The molecule has 9 heteroatoms. The van der Waals surface area contributed by atoms with Crippen LogP contribution < -0.4 is 5.32 Å². The number of fused-ring (bicyclic) bond motifs is 1. The van der Waals surface area contributed by atoms with Gasteiger partial charge in [-0.2, -0.15) is 0 Å². The topological polar surface area (TPSA) is 113 Å². The number of nitrogens with zero attached hydrogens (tertiary/aromatic N) is 1. The molecule has 0 atom stereocenters. The van der Waals surface area contributed by atoms with Gasteiger partial charge in [0.05, 0.1) is 0 Å². The van der Waals surface area contributed by atoms with Crippen molar-refractivity contribution < 1.29 is 33.4 Å². The predicted octanol–water partition coefficient (Wildman–Crippen LogP) is 3.82. The lowest BCUT2D eigenvalue weighted by Gasteiger charge is -2.32. The molecule has 0 aromatic heterocycles. The van der Waals surface area contributed by atoms with Gasteiger partial charge in [0.15, 0.2) is 0 Å². The first-order valence-corrected chi connectivity index (χ1v) is 13.1. The van der Waals surface area contributed by atoms with Gasteiger partial charge in [-0.05, 0) is 66.3 Å². The average molecular weight is 525 g/mol. The van der Waals surface area contributed by atoms with Crippen LogP contribution in [0.1, 0.15) is 54.4 Å². The third-order valence-corrected chi connectivity index (χ3v) is 7.26. The van der Waals surface area contributed by atoms with Gasteiger partial charge in [-0.1, -0.05) is 36.4 Å². The molecular formula is C29H33FN2O6. The van der Waals surface area contributed by atoms with Crippen LogP contribution in [0.15, 0.2) is 42.5 Å². The molecule has 1 aliphatic carbocycles. The summed E-state index contributed by atoms with van der Waals surface area (Å²) >= 11 is 0. The molecule has 2 aromatic rings. The first kappa shape index (κ1) is 27.3. The zero-order valence-electron chi connectivity index (χ0n) is 21.3. The molecule has 1 fully saturated rings. The highest BCUT2D eigenvalue weighted by molar-refractivity contribution is 5.83. The van der Waals surface area contributed by atoms with Crippen molar-refractivity contribution >= 4 is 23.8 Å². The van der Waals surface area contributed by atoms with E-state index in [4.69, 9.17) is 9.84 Å². The van der Waals surface area contributed by atoms with Crippen LogP contribution in [0.25, 0.3) is 0 Å². The molecule has 0 radical (unpaired) electrons. The third-order valence-electron chi connectivity index (χ3n) is 7.26. The molecule has 1 aliphatic heterocycles. The van der Waals surface area contributed by atoms with Crippen LogP contribution in [0.5, 0.6) is 0 Å². The van der Waals surface area contributed by atoms with E-state index < -0.39 is 5.97 Å². The number of hydrogen-bond acceptors (Lipinski definition) is 5. The summed E-state index contributed by atoms with van der Waals surface area (Å²) in [5.74, 6) is -1.59. The van der Waals surface area contributed by atoms with E-state index in [2.05, 4.69) is 5.32 Å². The number of amides is 2. The van der Waals surface area contributed by atoms with E-state index in [1.165, 1.54) is 6.07 Å². The number of halogens is 1. The lowest BCUT2D eigenvalue weighted by atomic mass is 9.85. The molecule has 0 spiro atoms. The Morgan fingerprint density at radius 3 is 2.50 bits per heavy atom. The van der Waals surface area contributed by atoms with Gasteiger partial charge in [0, 0.05) is 32.4 Å². The van der Waals surface area contributed by atoms with Crippen molar-refractivity contribution in [3.05, 3.63) is 70.5 Å². The molecule has 38 heavy (non-hydrogen) atoms. The number of ether oxygens (including phenoxy) is 1. The Balaban J connectivity index is 1.22. The summed E-state index contributed by atoms with van der Waals surface area (Å²) in [5.41, 5.74) is 3.41. The van der Waals surface area contributed by atoms with E-state index in [0.717, 1.165) is 29.5 Å². The fraction of sp³-hybridized carbons (Fsp3) is 0.448. The molecule has 2 N–H and O–H groups in total. The third kappa shape index (κ3) is 7.63. The van der Waals surface area contributed by atoms with Crippen LogP contribution in [0, 0.1) is 11.7 Å². The minimum atomic E-state index is -1.07. The fourth-order valence-corrected chi connectivity index (χ4v) is 5.20. The van der Waals surface area contributed by atoms with Gasteiger partial charge < -0.3 is 20.1 Å². The van der Waals surface area contributed by atoms with Gasteiger partial charge in [-0.25, -0.2) is 9.18 Å². The van der Waals surface area contributed by atoms with Crippen molar-refractivity contribution in [3.63, 3.8) is 0 Å². The Labute approximate surface area is 221 Å². The summed E-state index contributed by atoms with van der Waals surface area (Å²) in [6.07, 6.45) is 3.56. The lowest BCUT2D eigenvalue weighted by molar-refractivity contribution is -0.138. The summed E-state index contributed by atoms with van der Waals surface area (Å²) in [4.78, 5) is 49.4. The van der Waals surface area contributed by atoms with Gasteiger partial charge in [-0.3, -0.25) is 14.4 Å². The van der Waals surface area contributed by atoms with Crippen LogP contribution in [0.4, 0.5) is 9.18 Å². The molecule has 202 valence electrons. The number of Topliss-reactive ketones (excluding diaryl/α,β-unsaturated/α-hetero) is 1. The minimum Gasteiger partial charge on any atom is -0.480 e. The molecule has 0 saturated heterocycles. The van der Waals surface area contributed by atoms with Gasteiger partial charge >= 0.3 is 12.1 Å². The SMILES string of the molecule is O=C(O)CNC(=O)CC1CCC(OC(=O)N2CCc3cc(CC(=O)Cc4ccccc4F)ccc3C2)CC1. The van der Waals surface area contributed by atoms with E-state index in [-0.39, 0.29) is 61.4 Å². The Morgan fingerprint density at radius 1 is 1.00 bits per heavy atom. The largest absolute Gasteiger partial charge is 0.480 e. The van der Waals surface area contributed by atoms with E-state index >= 15 is 0 Å². The maximum Gasteiger partial charge on any atom is 0.410 e. The standard InChI is InChI=1S/C29H33FN2O6/c30-26-4-2-1-3-22(26)16-24(33)14-20-5-8-23-18-32(12-11-21(23)13-20)29(37)38-25-9-6-19(7-10-25)15-27(34)31-17-28(35)36/h1-5,8,13,19,25H,6-7,9-12,14-18H2,(H,31,34)(H,35,36). The molecule has 0 bridgehead atoms. The van der Waals surface area contributed by atoms with E-state index in [1.807, 2.05) is 18.2 Å². The first-order valence-electron chi connectivity index (χ1n) is 13.1. The number of carbonyl (C=O) groups is 4. The van der Waals surface area contributed by atoms with E-state index in [1.54, 1.807) is 23.1 Å². The minimum absolute atomic E-state index is 0.0494. The molecule has 8 nitrogen and oxygen atoms in total. The van der Waals surface area contributed by atoms with Gasteiger partial charge in [0.2, 0.25) is 5.91 Å². The van der Waals surface area contributed by atoms with Gasteiger partial charge in [0.25, 0.3) is 0 Å². The van der Waals surface area contributed by atoms with Crippen molar-refractivity contribution in [3.8, 4) is 0 Å². The maximum atomic E-state index is 13.8. The summed E-state index contributed by atoms with van der Waals surface area (Å²) < 4.78 is 19.6. The second kappa shape index (κ2) is 12.7. The molecule has 1 saturated carbocycles. The number of rotatable bonds is 9. The van der Waals surface area contributed by atoms with Crippen LogP contribution >= 0.6 is 0 Å². The van der Waals surface area contributed by atoms with Crippen LogP contribution in [-0.2, 0) is 44.9 Å².